The summed E-state index contributed by atoms with van der Waals surface area (Å²) in [7, 11) is -1.57. The average molecular weight is 423 g/mol. The Balaban J connectivity index is 1.55. The largest absolute Gasteiger partial charge is 0.449 e. The van der Waals surface area contributed by atoms with Crippen LogP contribution in [0.15, 0.2) is 24.3 Å². The highest BCUT2D eigenvalue weighted by atomic mass is 32.2. The summed E-state index contributed by atoms with van der Waals surface area (Å²) < 4.78 is 28.5. The average Bonchev–Trinajstić information content (AvgIpc) is 3.25. The Morgan fingerprint density at radius 3 is 2.52 bits per heavy atom. The monoisotopic (exact) mass is 422 g/mol. The summed E-state index contributed by atoms with van der Waals surface area (Å²) in [6.07, 6.45) is 0.831. The first-order valence-corrected chi connectivity index (χ1v) is 11.5. The van der Waals surface area contributed by atoms with E-state index in [1.54, 1.807) is 29.2 Å². The van der Waals surface area contributed by atoms with Crippen molar-refractivity contribution in [1.29, 1.82) is 0 Å². The second-order valence-electron chi connectivity index (χ2n) is 7.67. The van der Waals surface area contributed by atoms with Crippen molar-refractivity contribution in [3.05, 3.63) is 35.4 Å². The molecule has 2 atom stereocenters. The van der Waals surface area contributed by atoms with Gasteiger partial charge >= 0.3 is 5.97 Å². The Morgan fingerprint density at radius 2 is 1.97 bits per heavy atom. The van der Waals surface area contributed by atoms with Gasteiger partial charge in [-0.15, -0.1) is 0 Å². The molecule has 8 nitrogen and oxygen atoms in total. The van der Waals surface area contributed by atoms with Crippen LogP contribution in [0.25, 0.3) is 0 Å². The number of carbonyl (C=O) groups excluding carboxylic acids is 3. The molecule has 3 rings (SSSR count). The summed E-state index contributed by atoms with van der Waals surface area (Å²) in [5.74, 6) is -0.901. The predicted molar refractivity (Wildman–Crippen MR) is 106 cm³/mol. The quantitative estimate of drug-likeness (QED) is 0.634. The fourth-order valence-electron chi connectivity index (χ4n) is 3.66. The molecule has 0 spiro atoms. The molecule has 2 aliphatic heterocycles. The van der Waals surface area contributed by atoms with E-state index >= 15 is 0 Å². The summed E-state index contributed by atoms with van der Waals surface area (Å²) in [5.41, 5.74) is 1.23. The van der Waals surface area contributed by atoms with E-state index in [0.717, 1.165) is 18.5 Å². The van der Waals surface area contributed by atoms with E-state index in [2.05, 4.69) is 0 Å². The van der Waals surface area contributed by atoms with Crippen molar-refractivity contribution < 1.29 is 27.5 Å². The molecule has 2 fully saturated rings. The number of likely N-dealkylation sites (tertiary alicyclic amines) is 1. The van der Waals surface area contributed by atoms with Crippen molar-refractivity contribution in [1.82, 2.24) is 9.80 Å². The van der Waals surface area contributed by atoms with Gasteiger partial charge in [-0.05, 0) is 37.5 Å². The molecule has 0 aliphatic carbocycles. The summed E-state index contributed by atoms with van der Waals surface area (Å²) in [5, 5.41) is 0. The van der Waals surface area contributed by atoms with Crippen LogP contribution in [-0.2, 0) is 30.7 Å². The lowest BCUT2D eigenvalue weighted by Gasteiger charge is -2.26. The SMILES string of the molecule is C[C@H](OC(=O)c1ccc(CN2CCCC2=O)cc1)C(=O)N(C)[C@H]1CCS(=O)(=O)C1. The lowest BCUT2D eigenvalue weighted by atomic mass is 10.1. The molecule has 0 N–H and O–H groups in total. The van der Waals surface area contributed by atoms with Gasteiger partial charge < -0.3 is 14.5 Å². The molecule has 29 heavy (non-hydrogen) atoms. The van der Waals surface area contributed by atoms with Gasteiger partial charge in [0.25, 0.3) is 5.91 Å². The van der Waals surface area contributed by atoms with Gasteiger partial charge in [0, 0.05) is 32.6 Å². The zero-order valence-electron chi connectivity index (χ0n) is 16.7. The molecule has 0 radical (unpaired) electrons. The van der Waals surface area contributed by atoms with E-state index < -0.39 is 27.8 Å². The lowest BCUT2D eigenvalue weighted by Crippen LogP contribution is -2.44. The van der Waals surface area contributed by atoms with E-state index in [-0.39, 0.29) is 23.5 Å². The molecule has 1 aromatic rings. The smallest absolute Gasteiger partial charge is 0.338 e. The van der Waals surface area contributed by atoms with Gasteiger partial charge in [0.1, 0.15) is 0 Å². The van der Waals surface area contributed by atoms with Gasteiger partial charge in [0.05, 0.1) is 17.1 Å². The van der Waals surface area contributed by atoms with E-state index in [1.807, 2.05) is 0 Å². The molecule has 158 valence electrons. The Bertz CT molecular complexity index is 896. The van der Waals surface area contributed by atoms with Crippen molar-refractivity contribution in [3.63, 3.8) is 0 Å². The zero-order chi connectivity index (χ0) is 21.2. The fourth-order valence-corrected chi connectivity index (χ4v) is 5.44. The first kappa shape index (κ1) is 21.3. The number of hydrogen-bond acceptors (Lipinski definition) is 6. The standard InChI is InChI=1S/C20H26N2O6S/c1-14(19(24)21(2)17-9-11-29(26,27)13-17)28-20(25)16-7-5-15(6-8-16)12-22-10-3-4-18(22)23/h5-8,14,17H,3-4,9-13H2,1-2H3/t14-,17-/m0/s1. The third-order valence-corrected chi connectivity index (χ3v) is 7.22. The molecule has 2 saturated heterocycles. The molecule has 9 heteroatoms. The summed E-state index contributed by atoms with van der Waals surface area (Å²) in [6.45, 7) is 2.74. The number of nitrogens with zero attached hydrogens (tertiary/aromatic N) is 2. The molecule has 0 aromatic heterocycles. The van der Waals surface area contributed by atoms with Crippen LogP contribution in [0.4, 0.5) is 0 Å². The lowest BCUT2D eigenvalue weighted by molar-refractivity contribution is -0.140. The number of amides is 2. The van der Waals surface area contributed by atoms with Crippen LogP contribution in [0.5, 0.6) is 0 Å². The van der Waals surface area contributed by atoms with Crippen LogP contribution in [0.1, 0.15) is 42.1 Å². The minimum atomic E-state index is -3.11. The third kappa shape index (κ3) is 5.14. The summed E-state index contributed by atoms with van der Waals surface area (Å²) in [4.78, 5) is 39.7. The van der Waals surface area contributed by atoms with Crippen LogP contribution in [-0.4, -0.2) is 73.2 Å². The molecule has 2 aliphatic rings. The molecule has 0 bridgehead atoms. The molecule has 2 heterocycles. The number of benzene rings is 1. The van der Waals surface area contributed by atoms with Crippen molar-refractivity contribution in [2.45, 2.75) is 44.9 Å². The topological polar surface area (TPSA) is 101 Å². The second-order valence-corrected chi connectivity index (χ2v) is 9.90. The van der Waals surface area contributed by atoms with Crippen LogP contribution in [0, 0.1) is 0 Å². The molecule has 0 unspecified atom stereocenters. The second kappa shape index (κ2) is 8.52. The van der Waals surface area contributed by atoms with Crippen LogP contribution in [0.2, 0.25) is 0 Å². The Labute approximate surface area is 170 Å². The van der Waals surface area contributed by atoms with E-state index in [0.29, 0.717) is 24.9 Å². The highest BCUT2D eigenvalue weighted by Gasteiger charge is 2.35. The normalized spacial score (nSPS) is 21.8. The maximum absolute atomic E-state index is 12.5. The van der Waals surface area contributed by atoms with E-state index in [1.165, 1.54) is 18.9 Å². The van der Waals surface area contributed by atoms with Gasteiger partial charge in [-0.1, -0.05) is 12.1 Å². The number of sulfone groups is 1. The van der Waals surface area contributed by atoms with Gasteiger partial charge in [-0.2, -0.15) is 0 Å². The first-order valence-electron chi connectivity index (χ1n) is 9.71. The zero-order valence-corrected chi connectivity index (χ0v) is 17.5. The van der Waals surface area contributed by atoms with Gasteiger partial charge in [-0.25, -0.2) is 13.2 Å². The van der Waals surface area contributed by atoms with Crippen molar-refractivity contribution in [2.75, 3.05) is 25.1 Å². The fraction of sp³-hybridized carbons (Fsp3) is 0.550. The maximum Gasteiger partial charge on any atom is 0.338 e. The first-order chi connectivity index (χ1) is 13.7. The molecule has 2 amide bonds. The van der Waals surface area contributed by atoms with E-state index in [4.69, 9.17) is 4.74 Å². The molecular weight excluding hydrogens is 396 g/mol. The minimum Gasteiger partial charge on any atom is -0.449 e. The van der Waals surface area contributed by atoms with Crippen LogP contribution >= 0.6 is 0 Å². The molecule has 1 aromatic carbocycles. The number of esters is 1. The Kier molecular flexibility index (Phi) is 6.26. The summed E-state index contributed by atoms with van der Waals surface area (Å²) in [6, 6.07) is 6.38. The minimum absolute atomic E-state index is 0.0586. The van der Waals surface area contributed by atoms with Crippen molar-refractivity contribution in [3.8, 4) is 0 Å². The van der Waals surface area contributed by atoms with E-state index in [9.17, 15) is 22.8 Å². The van der Waals surface area contributed by atoms with Crippen LogP contribution < -0.4 is 0 Å². The molecular formula is C20H26N2O6S. The van der Waals surface area contributed by atoms with Gasteiger partial charge in [0.2, 0.25) is 5.91 Å². The number of carbonyl (C=O) groups is 3. The Morgan fingerprint density at radius 1 is 1.28 bits per heavy atom. The van der Waals surface area contributed by atoms with Crippen molar-refractivity contribution in [2.24, 2.45) is 0 Å². The van der Waals surface area contributed by atoms with Gasteiger partial charge in [0.15, 0.2) is 15.9 Å². The number of ether oxygens (including phenoxy) is 1. The maximum atomic E-state index is 12.5. The predicted octanol–water partition coefficient (Wildman–Crippen LogP) is 1.000. The highest BCUT2D eigenvalue weighted by Crippen LogP contribution is 2.19. The van der Waals surface area contributed by atoms with Crippen molar-refractivity contribution >= 4 is 27.6 Å². The van der Waals surface area contributed by atoms with Gasteiger partial charge in [-0.3, -0.25) is 9.59 Å². The highest BCUT2D eigenvalue weighted by molar-refractivity contribution is 7.91. The van der Waals surface area contributed by atoms with Crippen LogP contribution in [0.3, 0.4) is 0 Å². The summed E-state index contributed by atoms with van der Waals surface area (Å²) >= 11 is 0. The number of rotatable bonds is 6. The number of hydrogen-bond donors (Lipinski definition) is 0. The number of likely N-dealkylation sites (N-methyl/N-ethyl adjacent to an activating group) is 1. The Hall–Kier alpha value is -2.42. The molecule has 0 saturated carbocycles. The third-order valence-electron chi connectivity index (χ3n) is 5.47.